The quantitative estimate of drug-likeness (QED) is 0.285. The Balaban J connectivity index is -0.0000000465. The average molecular weight is 224 g/mol. The van der Waals surface area contributed by atoms with Gasteiger partial charge in [0.25, 0.3) is 7.82 Å². The molecule has 0 radical (unpaired) electrons. The van der Waals surface area contributed by atoms with Gasteiger partial charge in [0.15, 0.2) is 0 Å². The molecule has 6 nitrogen and oxygen atoms in total. The smallest absolute Gasteiger partial charge is 0.756 e. The molecule has 0 aromatic heterocycles. The van der Waals surface area contributed by atoms with Crippen molar-refractivity contribution in [2.75, 3.05) is 6.61 Å². The van der Waals surface area contributed by atoms with Crippen molar-refractivity contribution in [2.24, 2.45) is 0 Å². The molecule has 0 bridgehead atoms. The first-order chi connectivity index (χ1) is 5.15. The summed E-state index contributed by atoms with van der Waals surface area (Å²) in [5.74, 6) is 0.167. The van der Waals surface area contributed by atoms with Gasteiger partial charge in [0.05, 0.1) is 0 Å². The van der Waals surface area contributed by atoms with Crippen molar-refractivity contribution >= 4 is 13.6 Å². The predicted octanol–water partition coefficient (Wildman–Crippen LogP) is -3.96. The van der Waals surface area contributed by atoms with Crippen molar-refractivity contribution in [2.45, 2.75) is 20.8 Å². The largest absolute Gasteiger partial charge is 1.00 e. The van der Waals surface area contributed by atoms with Crippen LogP contribution in [0.15, 0.2) is 0 Å². The predicted molar refractivity (Wildman–Crippen MR) is 41.2 cm³/mol. The van der Waals surface area contributed by atoms with Gasteiger partial charge in [0, 0.05) is 6.61 Å². The van der Waals surface area contributed by atoms with E-state index in [-0.39, 0.29) is 41.9 Å². The minimum absolute atomic E-state index is 0. The number of aliphatic hydroxyl groups is 1. The van der Waals surface area contributed by atoms with Crippen LogP contribution in [-0.4, -0.2) is 27.3 Å². The van der Waals surface area contributed by atoms with Crippen LogP contribution >= 0.6 is 7.82 Å². The summed E-state index contributed by atoms with van der Waals surface area (Å²) in [6, 6.07) is 0. The molecule has 8 heteroatoms. The van der Waals surface area contributed by atoms with Gasteiger partial charge < -0.3 is 24.6 Å². The molecular weight excluding hydrogens is 210 g/mol. The van der Waals surface area contributed by atoms with Crippen LogP contribution in [0.3, 0.4) is 0 Å². The molecule has 0 aliphatic carbocycles. The van der Waals surface area contributed by atoms with Gasteiger partial charge in [0.1, 0.15) is 5.78 Å². The topological polar surface area (TPSA) is 118 Å². The molecule has 13 heavy (non-hydrogen) atoms. The van der Waals surface area contributed by atoms with E-state index in [0.717, 1.165) is 0 Å². The fraction of sp³-hybridized carbons (Fsp3) is 0.800. The van der Waals surface area contributed by atoms with Crippen molar-refractivity contribution in [3.8, 4) is 0 Å². The number of phosphoric acid groups is 1. The van der Waals surface area contributed by atoms with Crippen LogP contribution in [0, 0.1) is 0 Å². The number of rotatable bonds is 0. The molecular formula is C5H14NaO6P. The Morgan fingerprint density at radius 1 is 1.38 bits per heavy atom. The number of aliphatic hydroxyl groups excluding tert-OH is 1. The summed E-state index contributed by atoms with van der Waals surface area (Å²) in [6.07, 6.45) is 0. The second-order valence-corrected chi connectivity index (χ2v) is 2.70. The molecule has 0 heterocycles. The van der Waals surface area contributed by atoms with Crippen LogP contribution in [-0.2, 0) is 9.36 Å². The Labute approximate surface area is 99.5 Å². The van der Waals surface area contributed by atoms with E-state index in [9.17, 15) is 4.79 Å². The van der Waals surface area contributed by atoms with E-state index in [1.54, 1.807) is 6.92 Å². The van der Waals surface area contributed by atoms with Crippen molar-refractivity contribution in [1.29, 1.82) is 0 Å². The number of Topliss-reactive ketones (excluding diaryl/α,β-unsaturated/α-hetero) is 1. The second-order valence-electron chi connectivity index (χ2n) is 1.72. The SMILES string of the molecule is CC(C)=O.CCO.O=P([O-])(O)O.[Na+]. The molecule has 0 rings (SSSR count). The Morgan fingerprint density at radius 3 is 1.38 bits per heavy atom. The van der Waals surface area contributed by atoms with Crippen LogP contribution in [0.2, 0.25) is 0 Å². The first-order valence-corrected chi connectivity index (χ1v) is 4.52. The molecule has 0 spiro atoms. The Morgan fingerprint density at radius 2 is 1.38 bits per heavy atom. The molecule has 0 aliphatic heterocycles. The van der Waals surface area contributed by atoms with Crippen LogP contribution < -0.4 is 34.5 Å². The Kier molecular flexibility index (Phi) is 27.5. The summed E-state index contributed by atoms with van der Waals surface area (Å²) in [7, 11) is -4.89. The van der Waals surface area contributed by atoms with Crippen LogP contribution in [0.5, 0.6) is 0 Å². The fourth-order valence-corrected chi connectivity index (χ4v) is 0. The zero-order valence-corrected chi connectivity index (χ0v) is 11.1. The Bertz CT molecular complexity index is 132. The number of hydrogen-bond acceptors (Lipinski definition) is 4. The van der Waals surface area contributed by atoms with Crippen molar-refractivity contribution in [1.82, 2.24) is 0 Å². The number of ketones is 1. The van der Waals surface area contributed by atoms with E-state index >= 15 is 0 Å². The normalized spacial score (nSPS) is 7.92. The van der Waals surface area contributed by atoms with Crippen molar-refractivity contribution in [3.05, 3.63) is 0 Å². The summed E-state index contributed by atoms with van der Waals surface area (Å²) >= 11 is 0. The van der Waals surface area contributed by atoms with Gasteiger partial charge in [-0.3, -0.25) is 4.57 Å². The zero-order valence-electron chi connectivity index (χ0n) is 8.22. The van der Waals surface area contributed by atoms with E-state index < -0.39 is 7.82 Å². The molecule has 0 unspecified atom stereocenters. The molecule has 0 fully saturated rings. The van der Waals surface area contributed by atoms with Gasteiger partial charge in [0.2, 0.25) is 0 Å². The van der Waals surface area contributed by atoms with Gasteiger partial charge in [-0.05, 0) is 20.8 Å². The third-order valence-electron chi connectivity index (χ3n) is 0. The molecule has 0 aromatic rings. The van der Waals surface area contributed by atoms with Gasteiger partial charge in [-0.25, -0.2) is 0 Å². The molecule has 0 aromatic carbocycles. The van der Waals surface area contributed by atoms with E-state index in [1.807, 2.05) is 0 Å². The number of hydrogen-bond donors (Lipinski definition) is 3. The summed E-state index contributed by atoms with van der Waals surface area (Å²) in [4.78, 5) is 32.4. The van der Waals surface area contributed by atoms with Gasteiger partial charge >= 0.3 is 29.6 Å². The Hall–Kier alpha value is 0.740. The molecule has 0 atom stereocenters. The first kappa shape index (κ1) is 23.5. The maximum absolute atomic E-state index is 9.44. The standard InChI is InChI=1S/C3H6O.C2H6O.Na.H3O4P/c1-3(2)4;1-2-3;;1-5(2,3)4/h1-2H3;3H,2H2,1H3;;(H3,1,2,3,4)/q;;+1;/p-1. The molecule has 0 aliphatic rings. The van der Waals surface area contributed by atoms with E-state index in [1.165, 1.54) is 13.8 Å². The molecule has 3 N–H and O–H groups in total. The zero-order chi connectivity index (χ0) is 10.8. The summed E-state index contributed by atoms with van der Waals surface area (Å²) in [5.41, 5.74) is 0. The van der Waals surface area contributed by atoms with Crippen LogP contribution in [0.4, 0.5) is 0 Å². The number of carbonyl (C=O) groups is 1. The first-order valence-electron chi connectivity index (χ1n) is 2.99. The molecule has 0 saturated carbocycles. The monoisotopic (exact) mass is 224 g/mol. The molecule has 76 valence electrons. The van der Waals surface area contributed by atoms with Crippen LogP contribution in [0.25, 0.3) is 0 Å². The summed E-state index contributed by atoms with van der Waals surface area (Å²) < 4.78 is 8.77. The summed E-state index contributed by atoms with van der Waals surface area (Å²) in [6.45, 7) is 4.99. The number of carbonyl (C=O) groups excluding carboxylic acids is 1. The molecule has 0 amide bonds. The van der Waals surface area contributed by atoms with Gasteiger partial charge in [-0.15, -0.1) is 0 Å². The fourth-order valence-electron chi connectivity index (χ4n) is 0. The van der Waals surface area contributed by atoms with Crippen molar-refractivity contribution < 1.29 is 58.7 Å². The minimum atomic E-state index is -4.89. The van der Waals surface area contributed by atoms with E-state index in [0.29, 0.717) is 0 Å². The van der Waals surface area contributed by atoms with E-state index in [2.05, 4.69) is 0 Å². The maximum Gasteiger partial charge on any atom is 1.00 e. The summed E-state index contributed by atoms with van der Waals surface area (Å²) in [5, 5.41) is 7.57. The van der Waals surface area contributed by atoms with E-state index in [4.69, 9.17) is 24.4 Å². The second kappa shape index (κ2) is 15.2. The third-order valence-corrected chi connectivity index (χ3v) is 0. The van der Waals surface area contributed by atoms with Crippen LogP contribution in [0.1, 0.15) is 20.8 Å². The van der Waals surface area contributed by atoms with Crippen molar-refractivity contribution in [3.63, 3.8) is 0 Å². The minimum Gasteiger partial charge on any atom is -0.756 e. The van der Waals surface area contributed by atoms with Gasteiger partial charge in [-0.1, -0.05) is 0 Å². The van der Waals surface area contributed by atoms with Gasteiger partial charge in [-0.2, -0.15) is 0 Å². The average Bonchev–Trinajstić information content (AvgIpc) is 1.56. The molecule has 0 saturated heterocycles. The maximum atomic E-state index is 9.44. The third kappa shape index (κ3) is 2680.